The highest BCUT2D eigenvalue weighted by Crippen LogP contribution is 2.16. The zero-order chi connectivity index (χ0) is 10.3. The zero-order valence-corrected chi connectivity index (χ0v) is 8.92. The second-order valence-electron chi connectivity index (χ2n) is 2.91. The molecule has 0 bridgehead atoms. The third-order valence-corrected chi connectivity index (χ3v) is 1.86. The number of nitrogens with zero attached hydrogens (tertiary/aromatic N) is 2. The summed E-state index contributed by atoms with van der Waals surface area (Å²) >= 11 is 0. The molecule has 0 heterocycles. The Morgan fingerprint density at radius 2 is 2.15 bits per heavy atom. The summed E-state index contributed by atoms with van der Waals surface area (Å²) in [6.45, 7) is 10.4. The molecule has 0 rings (SSSR count). The zero-order valence-electron chi connectivity index (χ0n) is 8.92. The van der Waals surface area contributed by atoms with Crippen LogP contribution in [0.5, 0.6) is 0 Å². The number of methoxy groups -OCH3 is 1. The molecule has 0 fully saturated rings. The van der Waals surface area contributed by atoms with Crippen molar-refractivity contribution in [2.24, 2.45) is 10.2 Å². The molecule has 1 atom stereocenters. The van der Waals surface area contributed by atoms with Crippen LogP contribution in [0.25, 0.3) is 0 Å². The Bertz CT molecular complexity index is 185. The van der Waals surface area contributed by atoms with Gasteiger partial charge in [0.2, 0.25) is 0 Å². The van der Waals surface area contributed by atoms with Crippen LogP contribution in [-0.2, 0) is 4.74 Å². The van der Waals surface area contributed by atoms with Gasteiger partial charge in [-0.3, -0.25) is 0 Å². The number of hydrogen-bond donors (Lipinski definition) is 1. The van der Waals surface area contributed by atoms with Gasteiger partial charge in [-0.1, -0.05) is 13.5 Å². The van der Waals surface area contributed by atoms with E-state index in [-0.39, 0.29) is 0 Å². The summed E-state index contributed by atoms with van der Waals surface area (Å²) in [5.41, 5.74) is -0.529. The van der Waals surface area contributed by atoms with E-state index in [2.05, 4.69) is 22.1 Å². The van der Waals surface area contributed by atoms with Crippen molar-refractivity contribution in [3.8, 4) is 0 Å². The predicted octanol–water partition coefficient (Wildman–Crippen LogP) is 2.29. The van der Waals surface area contributed by atoms with Gasteiger partial charge in [-0.15, -0.1) is 5.11 Å². The second-order valence-corrected chi connectivity index (χ2v) is 2.91. The van der Waals surface area contributed by atoms with Crippen LogP contribution in [0, 0.1) is 0 Å². The molecule has 0 saturated carbocycles. The van der Waals surface area contributed by atoms with Gasteiger partial charge >= 0.3 is 0 Å². The van der Waals surface area contributed by atoms with Crippen LogP contribution in [0.4, 0.5) is 0 Å². The minimum atomic E-state index is -0.529. The van der Waals surface area contributed by atoms with Gasteiger partial charge in [0.05, 0.1) is 0 Å². The van der Waals surface area contributed by atoms with Crippen molar-refractivity contribution in [2.75, 3.05) is 13.7 Å². The van der Waals surface area contributed by atoms with Crippen molar-refractivity contribution < 1.29 is 4.74 Å². The third kappa shape index (κ3) is 4.62. The highest BCUT2D eigenvalue weighted by Gasteiger charge is 2.19. The molecule has 0 aliphatic carbocycles. The van der Waals surface area contributed by atoms with Crippen molar-refractivity contribution in [3.63, 3.8) is 0 Å². The van der Waals surface area contributed by atoms with E-state index < -0.39 is 5.72 Å². The molecule has 4 nitrogen and oxygen atoms in total. The van der Waals surface area contributed by atoms with E-state index in [1.165, 1.54) is 0 Å². The highest BCUT2D eigenvalue weighted by molar-refractivity contribution is 4.86. The Morgan fingerprint density at radius 3 is 2.54 bits per heavy atom. The lowest BCUT2D eigenvalue weighted by molar-refractivity contribution is 0.00452. The van der Waals surface area contributed by atoms with E-state index in [9.17, 15) is 0 Å². The van der Waals surface area contributed by atoms with Crippen LogP contribution in [0.1, 0.15) is 27.2 Å². The Balaban J connectivity index is 4.14. The van der Waals surface area contributed by atoms with Crippen LogP contribution in [0.15, 0.2) is 22.6 Å². The molecule has 0 saturated heterocycles. The average molecular weight is 185 g/mol. The van der Waals surface area contributed by atoms with Crippen LogP contribution in [0.2, 0.25) is 0 Å². The molecule has 13 heavy (non-hydrogen) atoms. The predicted molar refractivity (Wildman–Crippen MR) is 53.4 cm³/mol. The molecule has 0 aliphatic rings. The SMILES string of the molecule is C=C(/N=N\C(C)(CC)OC)NCC. The van der Waals surface area contributed by atoms with E-state index in [1.54, 1.807) is 7.11 Å². The summed E-state index contributed by atoms with van der Waals surface area (Å²) in [6, 6.07) is 0. The molecular formula is C9H19N3O. The summed E-state index contributed by atoms with van der Waals surface area (Å²) < 4.78 is 5.19. The topological polar surface area (TPSA) is 46.0 Å². The first kappa shape index (κ1) is 12.1. The van der Waals surface area contributed by atoms with Crippen LogP contribution < -0.4 is 5.32 Å². The molecule has 0 aliphatic heterocycles. The molecule has 1 N–H and O–H groups in total. The first-order valence-corrected chi connectivity index (χ1v) is 4.48. The van der Waals surface area contributed by atoms with E-state index in [0.29, 0.717) is 5.82 Å². The van der Waals surface area contributed by atoms with Gasteiger partial charge in [0, 0.05) is 13.7 Å². The summed E-state index contributed by atoms with van der Waals surface area (Å²) in [7, 11) is 1.62. The Hall–Kier alpha value is -0.900. The molecule has 0 radical (unpaired) electrons. The van der Waals surface area contributed by atoms with E-state index in [0.717, 1.165) is 13.0 Å². The number of ether oxygens (including phenoxy) is 1. The maximum atomic E-state index is 5.19. The van der Waals surface area contributed by atoms with Gasteiger partial charge < -0.3 is 10.1 Å². The molecule has 1 unspecified atom stereocenters. The average Bonchev–Trinajstić information content (AvgIpc) is 2.15. The van der Waals surface area contributed by atoms with Crippen molar-refractivity contribution in [2.45, 2.75) is 32.9 Å². The molecule has 0 aromatic heterocycles. The van der Waals surface area contributed by atoms with E-state index >= 15 is 0 Å². The maximum Gasteiger partial charge on any atom is 0.175 e. The van der Waals surface area contributed by atoms with Gasteiger partial charge in [-0.05, 0) is 20.3 Å². The van der Waals surface area contributed by atoms with Crippen molar-refractivity contribution in [1.29, 1.82) is 0 Å². The lowest BCUT2D eigenvalue weighted by Crippen LogP contribution is -2.22. The van der Waals surface area contributed by atoms with E-state index in [1.807, 2.05) is 20.8 Å². The summed E-state index contributed by atoms with van der Waals surface area (Å²) in [4.78, 5) is 0. The molecule has 76 valence electrons. The van der Waals surface area contributed by atoms with Crippen molar-refractivity contribution in [1.82, 2.24) is 5.32 Å². The molecule has 0 amide bonds. The molecule has 0 spiro atoms. The largest absolute Gasteiger partial charge is 0.369 e. The number of nitrogens with one attached hydrogen (secondary N) is 1. The quantitative estimate of drug-likeness (QED) is 0.645. The smallest absolute Gasteiger partial charge is 0.175 e. The molecule has 0 aromatic rings. The Kier molecular flexibility index (Phi) is 5.30. The Labute approximate surface area is 80.1 Å². The summed E-state index contributed by atoms with van der Waals surface area (Å²) in [5, 5.41) is 10.9. The Morgan fingerprint density at radius 1 is 1.54 bits per heavy atom. The fourth-order valence-electron chi connectivity index (χ4n) is 0.661. The van der Waals surface area contributed by atoms with Crippen LogP contribution in [-0.4, -0.2) is 19.4 Å². The molecule has 0 aromatic carbocycles. The van der Waals surface area contributed by atoms with Crippen molar-refractivity contribution >= 4 is 0 Å². The van der Waals surface area contributed by atoms with Crippen LogP contribution in [0.3, 0.4) is 0 Å². The normalized spacial score (nSPS) is 15.7. The summed E-state index contributed by atoms with van der Waals surface area (Å²) in [6.07, 6.45) is 0.784. The molecular weight excluding hydrogens is 166 g/mol. The monoisotopic (exact) mass is 185 g/mol. The van der Waals surface area contributed by atoms with E-state index in [4.69, 9.17) is 4.74 Å². The highest BCUT2D eigenvalue weighted by atomic mass is 16.5. The van der Waals surface area contributed by atoms with Gasteiger partial charge in [0.1, 0.15) is 5.82 Å². The lowest BCUT2D eigenvalue weighted by atomic mass is 10.2. The fraction of sp³-hybridized carbons (Fsp3) is 0.778. The first-order chi connectivity index (χ1) is 6.08. The second kappa shape index (κ2) is 5.70. The first-order valence-electron chi connectivity index (χ1n) is 4.48. The maximum absolute atomic E-state index is 5.19. The minimum absolute atomic E-state index is 0.529. The van der Waals surface area contributed by atoms with Crippen molar-refractivity contribution in [3.05, 3.63) is 12.4 Å². The van der Waals surface area contributed by atoms with Crippen LogP contribution >= 0.6 is 0 Å². The lowest BCUT2D eigenvalue weighted by Gasteiger charge is -2.19. The number of azo groups is 1. The number of hydrogen-bond acceptors (Lipinski definition) is 4. The fourth-order valence-corrected chi connectivity index (χ4v) is 0.661. The van der Waals surface area contributed by atoms with Gasteiger partial charge in [0.15, 0.2) is 5.72 Å². The van der Waals surface area contributed by atoms with Gasteiger partial charge in [-0.2, -0.15) is 5.11 Å². The van der Waals surface area contributed by atoms with Gasteiger partial charge in [0.25, 0.3) is 0 Å². The molecule has 4 heteroatoms. The third-order valence-electron chi connectivity index (χ3n) is 1.86. The standard InChI is InChI=1S/C9H19N3O/c1-6-9(4,13-5)12-11-8(3)10-7-2/h10H,3,6-7H2,1-2,4-5H3/b12-11-. The number of rotatable bonds is 6. The minimum Gasteiger partial charge on any atom is -0.369 e. The van der Waals surface area contributed by atoms with Gasteiger partial charge in [-0.25, -0.2) is 0 Å². The summed E-state index contributed by atoms with van der Waals surface area (Å²) in [5.74, 6) is 0.569.